The monoisotopic (exact) mass is 551 g/mol. The maximum atomic E-state index is 12.8. The normalized spacial score (nSPS) is 15.8. The highest BCUT2D eigenvalue weighted by Crippen LogP contribution is 2.38. The van der Waals surface area contributed by atoms with Gasteiger partial charge in [-0.3, -0.25) is 14.4 Å². The Morgan fingerprint density at radius 1 is 0.821 bits per heavy atom. The Bertz CT molecular complexity index is 978. The van der Waals surface area contributed by atoms with Crippen LogP contribution in [0.2, 0.25) is 0 Å². The van der Waals surface area contributed by atoms with Crippen molar-refractivity contribution in [3.05, 3.63) is 23.8 Å². The largest absolute Gasteiger partial charge is 0.508 e. The number of aliphatic carboxylic acids is 1. The zero-order valence-electron chi connectivity index (χ0n) is 24.4. The topological polar surface area (TPSA) is 151 Å². The Morgan fingerprint density at radius 3 is 1.79 bits per heavy atom. The van der Waals surface area contributed by atoms with Gasteiger partial charge in [0.25, 0.3) is 0 Å². The molecule has 5 unspecified atom stereocenters. The van der Waals surface area contributed by atoms with Gasteiger partial charge in [-0.25, -0.2) is 4.79 Å². The SMILES string of the molecule is CCCC(C)C(=O)Oc1ccc(C(C(C)C(C)OC(=O)OC(C)C)[C@H](N)C(=O)O)cc1OC(=O)C(C)CCC. The van der Waals surface area contributed by atoms with Crippen molar-refractivity contribution in [3.63, 3.8) is 0 Å². The summed E-state index contributed by atoms with van der Waals surface area (Å²) < 4.78 is 21.7. The average molecular weight is 552 g/mol. The summed E-state index contributed by atoms with van der Waals surface area (Å²) in [5.74, 6) is -4.43. The van der Waals surface area contributed by atoms with Gasteiger partial charge < -0.3 is 29.8 Å². The van der Waals surface area contributed by atoms with Crippen LogP contribution in [0.3, 0.4) is 0 Å². The fourth-order valence-electron chi connectivity index (χ4n) is 4.18. The van der Waals surface area contributed by atoms with Crippen molar-refractivity contribution in [2.24, 2.45) is 23.5 Å². The van der Waals surface area contributed by atoms with Crippen LogP contribution in [0.5, 0.6) is 11.5 Å². The van der Waals surface area contributed by atoms with Crippen LogP contribution < -0.4 is 15.2 Å². The van der Waals surface area contributed by atoms with E-state index in [0.29, 0.717) is 18.4 Å². The number of benzene rings is 1. The van der Waals surface area contributed by atoms with E-state index in [0.717, 1.165) is 12.8 Å². The predicted octanol–water partition coefficient (Wildman–Crippen LogP) is 5.45. The molecule has 0 heterocycles. The number of nitrogens with two attached hydrogens (primary N) is 1. The molecule has 1 aromatic rings. The summed E-state index contributed by atoms with van der Waals surface area (Å²) in [6, 6.07) is 3.12. The second kappa shape index (κ2) is 16.1. The molecule has 220 valence electrons. The Balaban J connectivity index is 3.49. The smallest absolute Gasteiger partial charge is 0.480 e. The number of hydrogen-bond acceptors (Lipinski definition) is 9. The minimum absolute atomic E-state index is 0.0138. The second-order valence-corrected chi connectivity index (χ2v) is 10.4. The highest BCUT2D eigenvalue weighted by atomic mass is 16.7. The minimum atomic E-state index is -1.38. The molecular formula is C29H45NO9. The molecule has 0 saturated heterocycles. The number of rotatable bonds is 15. The molecule has 0 bridgehead atoms. The molecule has 0 aliphatic carbocycles. The van der Waals surface area contributed by atoms with Crippen LogP contribution >= 0.6 is 0 Å². The standard InChI is InChI=1S/C29H45NO9/c1-9-11-17(5)27(33)38-22-14-13-21(15-23(22)39-28(34)18(6)12-10-2)24(25(30)26(31)32)19(7)20(8)37-29(35)36-16(3)4/h13-20,24-25H,9-12,30H2,1-8H3,(H,31,32)/t17?,18?,19?,20?,24?,25-/m0/s1. The number of carbonyl (C=O) groups is 4. The summed E-state index contributed by atoms with van der Waals surface area (Å²) in [6.45, 7) is 14.1. The summed E-state index contributed by atoms with van der Waals surface area (Å²) in [5, 5.41) is 9.76. The maximum absolute atomic E-state index is 12.8. The molecule has 0 saturated carbocycles. The zero-order chi connectivity index (χ0) is 29.9. The number of esters is 2. The summed E-state index contributed by atoms with van der Waals surface area (Å²) in [6.07, 6.45) is 0.764. The molecule has 0 radical (unpaired) electrons. The summed E-state index contributed by atoms with van der Waals surface area (Å²) in [4.78, 5) is 49.5. The molecular weight excluding hydrogens is 506 g/mol. The molecule has 0 amide bonds. The number of carbonyl (C=O) groups excluding carboxylic acids is 3. The first-order chi connectivity index (χ1) is 18.2. The van der Waals surface area contributed by atoms with Crippen LogP contribution in [-0.2, 0) is 23.9 Å². The fraction of sp³-hybridized carbons (Fsp3) is 0.655. The van der Waals surface area contributed by atoms with E-state index in [-0.39, 0.29) is 23.5 Å². The van der Waals surface area contributed by atoms with Crippen molar-refractivity contribution in [1.82, 2.24) is 0 Å². The maximum Gasteiger partial charge on any atom is 0.508 e. The van der Waals surface area contributed by atoms with Gasteiger partial charge in [0.2, 0.25) is 0 Å². The van der Waals surface area contributed by atoms with E-state index in [1.54, 1.807) is 47.6 Å². The van der Waals surface area contributed by atoms with Crippen molar-refractivity contribution >= 4 is 24.1 Å². The van der Waals surface area contributed by atoms with Crippen LogP contribution in [-0.4, -0.2) is 47.4 Å². The number of carboxylic acids is 1. The fourth-order valence-corrected chi connectivity index (χ4v) is 4.18. The lowest BCUT2D eigenvalue weighted by atomic mass is 9.79. The molecule has 6 atom stereocenters. The molecule has 0 aromatic heterocycles. The van der Waals surface area contributed by atoms with E-state index < -0.39 is 54.0 Å². The van der Waals surface area contributed by atoms with Crippen molar-refractivity contribution < 1.29 is 43.2 Å². The van der Waals surface area contributed by atoms with Gasteiger partial charge in [-0.05, 0) is 51.3 Å². The van der Waals surface area contributed by atoms with Gasteiger partial charge in [-0.15, -0.1) is 0 Å². The zero-order valence-corrected chi connectivity index (χ0v) is 24.4. The third kappa shape index (κ3) is 10.5. The predicted molar refractivity (Wildman–Crippen MR) is 146 cm³/mol. The molecule has 3 N–H and O–H groups in total. The minimum Gasteiger partial charge on any atom is -0.480 e. The molecule has 10 nitrogen and oxygen atoms in total. The van der Waals surface area contributed by atoms with Crippen LogP contribution in [0.4, 0.5) is 4.79 Å². The van der Waals surface area contributed by atoms with Gasteiger partial charge in [0.1, 0.15) is 12.1 Å². The number of ether oxygens (including phenoxy) is 4. The van der Waals surface area contributed by atoms with E-state index in [1.165, 1.54) is 12.1 Å². The van der Waals surface area contributed by atoms with Crippen molar-refractivity contribution in [2.75, 3.05) is 0 Å². The van der Waals surface area contributed by atoms with E-state index in [1.807, 2.05) is 13.8 Å². The first-order valence-electron chi connectivity index (χ1n) is 13.7. The lowest BCUT2D eigenvalue weighted by molar-refractivity contribution is -0.141. The van der Waals surface area contributed by atoms with Gasteiger partial charge >= 0.3 is 24.1 Å². The first-order valence-corrected chi connectivity index (χ1v) is 13.7. The summed E-state index contributed by atoms with van der Waals surface area (Å²) in [5.41, 5.74) is 6.52. The summed E-state index contributed by atoms with van der Waals surface area (Å²) >= 11 is 0. The molecule has 1 rings (SSSR count). The average Bonchev–Trinajstić information content (AvgIpc) is 2.84. The Hall–Kier alpha value is -3.14. The molecule has 10 heteroatoms. The lowest BCUT2D eigenvalue weighted by Crippen LogP contribution is -2.42. The Morgan fingerprint density at radius 2 is 1.33 bits per heavy atom. The molecule has 39 heavy (non-hydrogen) atoms. The molecule has 0 fully saturated rings. The first kappa shape index (κ1) is 33.9. The third-order valence-electron chi connectivity index (χ3n) is 6.61. The number of hydrogen-bond donors (Lipinski definition) is 2. The van der Waals surface area contributed by atoms with Gasteiger partial charge in [0.05, 0.1) is 17.9 Å². The number of carboxylic acid groups (broad SMARTS) is 1. The molecule has 0 spiro atoms. The van der Waals surface area contributed by atoms with Crippen LogP contribution in [0.15, 0.2) is 18.2 Å². The van der Waals surface area contributed by atoms with Crippen molar-refractivity contribution in [3.8, 4) is 11.5 Å². The van der Waals surface area contributed by atoms with Gasteiger partial charge in [0.15, 0.2) is 11.5 Å². The van der Waals surface area contributed by atoms with E-state index in [2.05, 4.69) is 0 Å². The summed E-state index contributed by atoms with van der Waals surface area (Å²) in [7, 11) is 0. The quantitative estimate of drug-likeness (QED) is 0.212. The molecule has 0 aliphatic heterocycles. The van der Waals surface area contributed by atoms with E-state index >= 15 is 0 Å². The van der Waals surface area contributed by atoms with Gasteiger partial charge in [0, 0.05) is 11.8 Å². The highest BCUT2D eigenvalue weighted by molar-refractivity contribution is 5.79. The Kier molecular flexibility index (Phi) is 14.0. The molecule has 1 aromatic carbocycles. The Labute approximate surface area is 231 Å². The van der Waals surface area contributed by atoms with Gasteiger partial charge in [-0.1, -0.05) is 53.5 Å². The van der Waals surface area contributed by atoms with Crippen molar-refractivity contribution in [1.29, 1.82) is 0 Å². The third-order valence-corrected chi connectivity index (χ3v) is 6.61. The van der Waals surface area contributed by atoms with Crippen LogP contribution in [0.1, 0.15) is 92.6 Å². The van der Waals surface area contributed by atoms with Crippen LogP contribution in [0.25, 0.3) is 0 Å². The lowest BCUT2D eigenvalue weighted by Gasteiger charge is -2.31. The van der Waals surface area contributed by atoms with E-state index in [9.17, 15) is 24.3 Å². The highest BCUT2D eigenvalue weighted by Gasteiger charge is 2.36. The van der Waals surface area contributed by atoms with E-state index in [4.69, 9.17) is 24.7 Å². The van der Waals surface area contributed by atoms with Gasteiger partial charge in [-0.2, -0.15) is 0 Å². The second-order valence-electron chi connectivity index (χ2n) is 10.4. The molecule has 0 aliphatic rings. The van der Waals surface area contributed by atoms with Crippen molar-refractivity contribution in [2.45, 2.75) is 105 Å². The van der Waals surface area contributed by atoms with Crippen LogP contribution in [0, 0.1) is 17.8 Å².